The van der Waals surface area contributed by atoms with Crippen LogP contribution in [0.1, 0.15) is 38.3 Å². The molecule has 0 aliphatic heterocycles. The summed E-state index contributed by atoms with van der Waals surface area (Å²) in [5, 5.41) is 0. The third-order valence-corrected chi connectivity index (χ3v) is 4.83. The second-order valence-electron chi connectivity index (χ2n) is 5.23. The van der Waals surface area contributed by atoms with Crippen LogP contribution in [0.25, 0.3) is 0 Å². The first-order valence-corrected chi connectivity index (χ1v) is 9.02. The third kappa shape index (κ3) is 5.29. The van der Waals surface area contributed by atoms with Crippen molar-refractivity contribution in [2.75, 3.05) is 33.1 Å². The highest BCUT2D eigenvalue weighted by molar-refractivity contribution is 7.98. The summed E-state index contributed by atoms with van der Waals surface area (Å²) in [6.07, 6.45) is 4.38. The van der Waals surface area contributed by atoms with Crippen LogP contribution >= 0.6 is 11.8 Å². The molecule has 1 rings (SSSR count). The molecule has 0 saturated carbocycles. The van der Waals surface area contributed by atoms with Crippen molar-refractivity contribution in [3.05, 3.63) is 29.8 Å². The van der Waals surface area contributed by atoms with Crippen LogP contribution in [0, 0.1) is 0 Å². The minimum Gasteiger partial charge on any atom is -0.383 e. The highest BCUT2D eigenvalue weighted by atomic mass is 32.2. The van der Waals surface area contributed by atoms with E-state index in [9.17, 15) is 0 Å². The lowest BCUT2D eigenvalue weighted by molar-refractivity contribution is 0.0817. The number of nitrogens with two attached hydrogens (primary N) is 1. The summed E-state index contributed by atoms with van der Waals surface area (Å²) in [5.74, 6) is 0. The molecule has 0 aliphatic rings. The average molecular weight is 311 g/mol. The number of thioether (sulfide) groups is 1. The van der Waals surface area contributed by atoms with Gasteiger partial charge in [0.25, 0.3) is 0 Å². The van der Waals surface area contributed by atoms with Crippen LogP contribution in [0.2, 0.25) is 0 Å². The van der Waals surface area contributed by atoms with Gasteiger partial charge in [-0.15, -0.1) is 11.8 Å². The lowest BCUT2D eigenvalue weighted by Gasteiger charge is -2.37. The summed E-state index contributed by atoms with van der Waals surface area (Å²) in [6.45, 7) is 6.81. The number of hydrogen-bond donors (Lipinski definition) is 1. The Bertz CT molecular complexity index is 379. The number of ether oxygens (including phenoxy) is 1. The highest BCUT2D eigenvalue weighted by Crippen LogP contribution is 2.26. The fraction of sp³-hybridized carbons (Fsp3) is 0.647. The van der Waals surface area contributed by atoms with E-state index in [4.69, 9.17) is 10.5 Å². The first-order chi connectivity index (χ1) is 10.2. The van der Waals surface area contributed by atoms with E-state index in [1.807, 2.05) is 0 Å². The molecular weight excluding hydrogens is 280 g/mol. The Morgan fingerprint density at radius 2 is 1.81 bits per heavy atom. The van der Waals surface area contributed by atoms with E-state index in [0.29, 0.717) is 12.6 Å². The molecule has 0 radical (unpaired) electrons. The van der Waals surface area contributed by atoms with E-state index in [2.05, 4.69) is 49.3 Å². The maximum atomic E-state index is 6.11. The predicted molar refractivity (Wildman–Crippen MR) is 93.0 cm³/mol. The van der Waals surface area contributed by atoms with E-state index >= 15 is 0 Å². The topological polar surface area (TPSA) is 38.5 Å². The predicted octanol–water partition coefficient (Wildman–Crippen LogP) is 3.55. The largest absolute Gasteiger partial charge is 0.383 e. The zero-order valence-electron chi connectivity index (χ0n) is 13.8. The SMILES string of the molecule is CCC(CC)N(CCOC)C(CN)c1ccc(SC)cc1. The molecule has 0 bridgehead atoms. The summed E-state index contributed by atoms with van der Waals surface area (Å²) in [4.78, 5) is 3.80. The van der Waals surface area contributed by atoms with Crippen molar-refractivity contribution >= 4 is 11.8 Å². The van der Waals surface area contributed by atoms with Crippen LogP contribution in [0.3, 0.4) is 0 Å². The zero-order chi connectivity index (χ0) is 15.7. The number of hydrogen-bond acceptors (Lipinski definition) is 4. The maximum Gasteiger partial charge on any atom is 0.0590 e. The smallest absolute Gasteiger partial charge is 0.0590 e. The van der Waals surface area contributed by atoms with Gasteiger partial charge in [-0.1, -0.05) is 26.0 Å². The summed E-state index contributed by atoms with van der Waals surface area (Å²) < 4.78 is 5.29. The summed E-state index contributed by atoms with van der Waals surface area (Å²) in [5.41, 5.74) is 7.41. The van der Waals surface area contributed by atoms with E-state index < -0.39 is 0 Å². The van der Waals surface area contributed by atoms with Crippen molar-refractivity contribution in [1.29, 1.82) is 0 Å². The Hall–Kier alpha value is -0.550. The standard InChI is InChI=1S/C17H30N2OS/c1-5-15(6-2)19(11-12-20-3)17(13-18)14-7-9-16(21-4)10-8-14/h7-10,15,17H,5-6,11-13,18H2,1-4H3. The highest BCUT2D eigenvalue weighted by Gasteiger charge is 2.24. The molecular formula is C17H30N2OS. The van der Waals surface area contributed by atoms with E-state index in [1.54, 1.807) is 18.9 Å². The van der Waals surface area contributed by atoms with Gasteiger partial charge in [0.1, 0.15) is 0 Å². The molecule has 0 aromatic heterocycles. The first-order valence-electron chi connectivity index (χ1n) is 7.80. The number of nitrogens with zero attached hydrogens (tertiary/aromatic N) is 1. The lowest BCUT2D eigenvalue weighted by Crippen LogP contribution is -2.42. The number of methoxy groups -OCH3 is 1. The van der Waals surface area contributed by atoms with Gasteiger partial charge in [0.15, 0.2) is 0 Å². The molecule has 0 heterocycles. The van der Waals surface area contributed by atoms with E-state index in [-0.39, 0.29) is 6.04 Å². The average Bonchev–Trinajstić information content (AvgIpc) is 2.54. The van der Waals surface area contributed by atoms with Gasteiger partial charge in [0.05, 0.1) is 6.61 Å². The van der Waals surface area contributed by atoms with Crippen LogP contribution in [-0.4, -0.2) is 44.0 Å². The normalized spacial score (nSPS) is 13.1. The molecule has 1 aromatic carbocycles. The Labute approximate surface area is 134 Å². The van der Waals surface area contributed by atoms with Gasteiger partial charge in [-0.3, -0.25) is 4.90 Å². The van der Waals surface area contributed by atoms with Gasteiger partial charge in [-0.2, -0.15) is 0 Å². The van der Waals surface area contributed by atoms with Crippen molar-refractivity contribution in [3.8, 4) is 0 Å². The van der Waals surface area contributed by atoms with Gasteiger partial charge < -0.3 is 10.5 Å². The zero-order valence-corrected chi connectivity index (χ0v) is 14.7. The van der Waals surface area contributed by atoms with Crippen LogP contribution in [0.5, 0.6) is 0 Å². The van der Waals surface area contributed by atoms with Crippen molar-refractivity contribution in [1.82, 2.24) is 4.90 Å². The fourth-order valence-corrected chi connectivity index (χ4v) is 3.24. The van der Waals surface area contributed by atoms with E-state index in [1.165, 1.54) is 10.5 Å². The molecule has 3 nitrogen and oxygen atoms in total. The lowest BCUT2D eigenvalue weighted by atomic mass is 10.0. The minimum absolute atomic E-state index is 0.265. The molecule has 0 saturated heterocycles. The Kier molecular flexibility index (Phi) is 9.00. The van der Waals surface area contributed by atoms with Crippen LogP contribution in [0.4, 0.5) is 0 Å². The van der Waals surface area contributed by atoms with Crippen LogP contribution in [0.15, 0.2) is 29.2 Å². The van der Waals surface area contributed by atoms with Gasteiger partial charge in [-0.25, -0.2) is 0 Å². The van der Waals surface area contributed by atoms with Gasteiger partial charge in [0.2, 0.25) is 0 Å². The van der Waals surface area contributed by atoms with Crippen molar-refractivity contribution in [2.24, 2.45) is 5.73 Å². The number of benzene rings is 1. The third-order valence-electron chi connectivity index (χ3n) is 4.09. The van der Waals surface area contributed by atoms with Gasteiger partial charge in [0, 0.05) is 37.2 Å². The minimum atomic E-state index is 0.265. The summed E-state index contributed by atoms with van der Waals surface area (Å²) in [6, 6.07) is 9.61. The monoisotopic (exact) mass is 310 g/mol. The second kappa shape index (κ2) is 10.2. The second-order valence-corrected chi connectivity index (χ2v) is 6.11. The van der Waals surface area contributed by atoms with Crippen LogP contribution in [-0.2, 0) is 4.74 Å². The van der Waals surface area contributed by atoms with Gasteiger partial charge in [-0.05, 0) is 36.8 Å². The molecule has 1 atom stereocenters. The van der Waals surface area contributed by atoms with Crippen molar-refractivity contribution in [3.63, 3.8) is 0 Å². The molecule has 4 heteroatoms. The molecule has 0 fully saturated rings. The molecule has 0 amide bonds. The molecule has 0 spiro atoms. The maximum absolute atomic E-state index is 6.11. The Morgan fingerprint density at radius 1 is 1.19 bits per heavy atom. The Morgan fingerprint density at radius 3 is 2.24 bits per heavy atom. The van der Waals surface area contributed by atoms with Crippen LogP contribution < -0.4 is 5.73 Å². The molecule has 1 unspecified atom stereocenters. The molecule has 120 valence electrons. The van der Waals surface area contributed by atoms with Crippen molar-refractivity contribution in [2.45, 2.75) is 43.7 Å². The molecule has 21 heavy (non-hydrogen) atoms. The molecule has 2 N–H and O–H groups in total. The van der Waals surface area contributed by atoms with Gasteiger partial charge >= 0.3 is 0 Å². The van der Waals surface area contributed by atoms with Crippen molar-refractivity contribution < 1.29 is 4.74 Å². The molecule has 0 aliphatic carbocycles. The first kappa shape index (κ1) is 18.5. The fourth-order valence-electron chi connectivity index (χ4n) is 2.84. The Balaban J connectivity index is 2.97. The quantitative estimate of drug-likeness (QED) is 0.671. The van der Waals surface area contributed by atoms with E-state index in [0.717, 1.165) is 26.0 Å². The summed E-state index contributed by atoms with van der Waals surface area (Å²) in [7, 11) is 1.76. The molecule has 1 aromatic rings. The summed E-state index contributed by atoms with van der Waals surface area (Å²) >= 11 is 1.77. The number of rotatable bonds is 10.